The third-order valence-corrected chi connectivity index (χ3v) is 8.49. The Bertz CT molecular complexity index is 575. The van der Waals surface area contributed by atoms with Crippen molar-refractivity contribution >= 4 is 7.59 Å². The lowest BCUT2D eigenvalue weighted by Gasteiger charge is -2.52. The fraction of sp³-hybridized carbons (Fsp3) is 0.667. The fourth-order valence-electron chi connectivity index (χ4n) is 3.87. The van der Waals surface area contributed by atoms with Gasteiger partial charge in [-0.2, -0.15) is 0 Å². The maximum atomic E-state index is 13.9. The predicted octanol–water partition coefficient (Wildman–Crippen LogP) is 4.18. The normalized spacial score (nSPS) is 22.6. The molecule has 0 bridgehead atoms. The zero-order chi connectivity index (χ0) is 17.3. The van der Waals surface area contributed by atoms with E-state index < -0.39 is 7.59 Å². The summed E-state index contributed by atoms with van der Waals surface area (Å²) in [6, 6.07) is 8.69. The molecule has 1 aliphatic rings. The summed E-state index contributed by atoms with van der Waals surface area (Å²) in [6.07, 6.45) is 4.29. The van der Waals surface area contributed by atoms with Crippen molar-refractivity contribution in [3.63, 3.8) is 0 Å². The van der Waals surface area contributed by atoms with Crippen molar-refractivity contribution in [3.05, 3.63) is 35.4 Å². The molecule has 0 amide bonds. The van der Waals surface area contributed by atoms with E-state index in [1.807, 2.05) is 37.5 Å². The lowest BCUT2D eigenvalue weighted by atomic mass is 9.80. The number of benzene rings is 1. The van der Waals surface area contributed by atoms with Crippen LogP contribution < -0.4 is 0 Å². The Kier molecular flexibility index (Phi) is 5.73. The quantitative estimate of drug-likeness (QED) is 0.728. The minimum atomic E-state index is -2.76. The molecule has 130 valence electrons. The van der Waals surface area contributed by atoms with Gasteiger partial charge < -0.3 is 0 Å². The van der Waals surface area contributed by atoms with Crippen molar-refractivity contribution < 1.29 is 4.57 Å². The van der Waals surface area contributed by atoms with Gasteiger partial charge in [0.05, 0.1) is 5.54 Å². The summed E-state index contributed by atoms with van der Waals surface area (Å²) in [5, 5.41) is 0. The zero-order valence-corrected chi connectivity index (χ0v) is 16.4. The molecule has 0 radical (unpaired) electrons. The van der Waals surface area contributed by atoms with E-state index in [9.17, 15) is 4.57 Å². The van der Waals surface area contributed by atoms with Crippen molar-refractivity contribution in [2.75, 3.05) is 34.7 Å². The molecular formula is C18H32N3OP. The molecule has 1 unspecified atom stereocenters. The average Bonchev–Trinajstić information content (AvgIpc) is 2.52. The van der Waals surface area contributed by atoms with Crippen LogP contribution in [0.5, 0.6) is 0 Å². The molecule has 5 heteroatoms. The van der Waals surface area contributed by atoms with Crippen LogP contribution in [0.2, 0.25) is 0 Å². The molecule has 0 fully saturated rings. The van der Waals surface area contributed by atoms with Crippen LogP contribution in [-0.4, -0.2) is 48.7 Å². The molecule has 4 nitrogen and oxygen atoms in total. The highest BCUT2D eigenvalue weighted by molar-refractivity contribution is 7.56. The molecule has 0 saturated carbocycles. The number of rotatable bonds is 6. The van der Waals surface area contributed by atoms with E-state index in [1.54, 1.807) is 0 Å². The molecule has 2 rings (SSSR count). The Balaban J connectivity index is 2.57. The molecule has 0 saturated heterocycles. The molecule has 1 heterocycles. The van der Waals surface area contributed by atoms with Gasteiger partial charge >= 0.3 is 0 Å². The largest absolute Gasteiger partial charge is 0.286 e. The summed E-state index contributed by atoms with van der Waals surface area (Å²) >= 11 is 0. The number of hydrogen-bond donors (Lipinski definition) is 0. The number of nitrogens with zero attached hydrogens (tertiary/aromatic N) is 3. The first-order valence-electron chi connectivity index (χ1n) is 8.60. The minimum absolute atomic E-state index is 0.186. The summed E-state index contributed by atoms with van der Waals surface area (Å²) < 4.78 is 20.0. The van der Waals surface area contributed by atoms with E-state index in [0.717, 1.165) is 32.2 Å². The van der Waals surface area contributed by atoms with Gasteiger partial charge in [-0.15, -0.1) is 0 Å². The Morgan fingerprint density at radius 1 is 1.17 bits per heavy atom. The first-order valence-corrected chi connectivity index (χ1v) is 10.2. The van der Waals surface area contributed by atoms with E-state index in [1.165, 1.54) is 11.1 Å². The van der Waals surface area contributed by atoms with Gasteiger partial charge in [0, 0.05) is 6.54 Å². The zero-order valence-electron chi connectivity index (χ0n) is 15.5. The van der Waals surface area contributed by atoms with E-state index in [0.29, 0.717) is 0 Å². The van der Waals surface area contributed by atoms with Crippen LogP contribution in [0, 0.1) is 0 Å². The third kappa shape index (κ3) is 3.15. The van der Waals surface area contributed by atoms with Gasteiger partial charge in [0.15, 0.2) is 0 Å². The van der Waals surface area contributed by atoms with Crippen molar-refractivity contribution in [1.29, 1.82) is 0 Å². The second-order valence-electron chi connectivity index (χ2n) is 7.12. The van der Waals surface area contributed by atoms with Crippen molar-refractivity contribution in [2.45, 2.75) is 45.1 Å². The summed E-state index contributed by atoms with van der Waals surface area (Å²) in [5.41, 5.74) is 2.57. The van der Waals surface area contributed by atoms with Gasteiger partial charge in [0.25, 0.3) is 7.59 Å². The molecule has 0 aliphatic carbocycles. The highest BCUT2D eigenvalue weighted by atomic mass is 31.2. The molecule has 1 aromatic carbocycles. The fourth-order valence-corrected chi connectivity index (χ4v) is 6.59. The second kappa shape index (κ2) is 7.06. The second-order valence-corrected chi connectivity index (χ2v) is 10.2. The summed E-state index contributed by atoms with van der Waals surface area (Å²) in [4.78, 5) is 0. The van der Waals surface area contributed by atoms with Gasteiger partial charge in [0.2, 0.25) is 0 Å². The Labute approximate surface area is 142 Å². The van der Waals surface area contributed by atoms with Crippen LogP contribution in [0.4, 0.5) is 0 Å². The molecule has 1 aliphatic heterocycles. The lowest BCUT2D eigenvalue weighted by molar-refractivity contribution is 0.149. The molecule has 0 aromatic heterocycles. The van der Waals surface area contributed by atoms with Crippen LogP contribution in [-0.2, 0) is 16.5 Å². The maximum Gasteiger partial charge on any atom is 0.286 e. The SMILES string of the molecule is CCCCC1(C)c2ccccc2CCN1P(=O)(N(C)C)N(C)C. The third-order valence-electron chi connectivity index (χ3n) is 5.13. The molecule has 23 heavy (non-hydrogen) atoms. The van der Waals surface area contributed by atoms with Gasteiger partial charge in [-0.3, -0.25) is 4.57 Å². The van der Waals surface area contributed by atoms with Crippen molar-refractivity contribution in [3.8, 4) is 0 Å². The lowest BCUT2D eigenvalue weighted by Crippen LogP contribution is -2.50. The number of unbranched alkanes of at least 4 members (excludes halogenated alkanes) is 1. The first kappa shape index (κ1) is 18.7. The van der Waals surface area contributed by atoms with Crippen molar-refractivity contribution in [1.82, 2.24) is 14.0 Å². The Morgan fingerprint density at radius 2 is 1.78 bits per heavy atom. The molecule has 0 N–H and O–H groups in total. The Morgan fingerprint density at radius 3 is 2.35 bits per heavy atom. The number of fused-ring (bicyclic) bond motifs is 1. The van der Waals surface area contributed by atoms with Crippen LogP contribution >= 0.6 is 7.59 Å². The average molecular weight is 337 g/mol. The maximum absolute atomic E-state index is 13.9. The highest BCUT2D eigenvalue weighted by Gasteiger charge is 2.49. The van der Waals surface area contributed by atoms with Gasteiger partial charge in [-0.25, -0.2) is 14.0 Å². The summed E-state index contributed by atoms with van der Waals surface area (Å²) in [7, 11) is 4.97. The van der Waals surface area contributed by atoms with Gasteiger partial charge in [-0.05, 0) is 59.1 Å². The monoisotopic (exact) mass is 337 g/mol. The minimum Gasteiger partial charge on any atom is -0.270 e. The van der Waals surface area contributed by atoms with Crippen LogP contribution in [0.1, 0.15) is 44.2 Å². The van der Waals surface area contributed by atoms with Crippen LogP contribution in [0.15, 0.2) is 24.3 Å². The van der Waals surface area contributed by atoms with Crippen LogP contribution in [0.3, 0.4) is 0 Å². The topological polar surface area (TPSA) is 26.8 Å². The van der Waals surface area contributed by atoms with Crippen molar-refractivity contribution in [2.24, 2.45) is 0 Å². The smallest absolute Gasteiger partial charge is 0.270 e. The first-order chi connectivity index (χ1) is 10.8. The molecular weight excluding hydrogens is 305 g/mol. The Hall–Kier alpha value is -0.670. The van der Waals surface area contributed by atoms with Gasteiger partial charge in [-0.1, -0.05) is 44.0 Å². The van der Waals surface area contributed by atoms with Gasteiger partial charge in [0.1, 0.15) is 0 Å². The molecule has 1 atom stereocenters. The predicted molar refractivity (Wildman–Crippen MR) is 98.7 cm³/mol. The van der Waals surface area contributed by atoms with E-state index in [4.69, 9.17) is 0 Å². The highest BCUT2D eigenvalue weighted by Crippen LogP contribution is 2.60. The summed E-state index contributed by atoms with van der Waals surface area (Å²) in [6.45, 7) is 5.34. The van der Waals surface area contributed by atoms with E-state index in [2.05, 4.69) is 42.8 Å². The standard InChI is InChI=1S/C18H32N3OP/c1-7-8-14-18(2)17-12-10-9-11-16(17)13-15-21(18)23(22,19(3)4)20(5)6/h9-12H,7-8,13-15H2,1-6H3. The van der Waals surface area contributed by atoms with E-state index >= 15 is 0 Å². The molecule has 0 spiro atoms. The summed E-state index contributed by atoms with van der Waals surface area (Å²) in [5.74, 6) is 0. The van der Waals surface area contributed by atoms with E-state index in [-0.39, 0.29) is 5.54 Å². The molecule has 1 aromatic rings. The van der Waals surface area contributed by atoms with Crippen LogP contribution in [0.25, 0.3) is 0 Å². The number of hydrogen-bond acceptors (Lipinski definition) is 1.